The van der Waals surface area contributed by atoms with E-state index in [1.807, 2.05) is 13.8 Å². The van der Waals surface area contributed by atoms with Gasteiger partial charge in [0.1, 0.15) is 19.1 Å². The lowest BCUT2D eigenvalue weighted by molar-refractivity contribution is 0.0493. The van der Waals surface area contributed by atoms with E-state index in [1.165, 1.54) is 11.3 Å². The largest absolute Gasteiger partial charge is 0.444 e. The standard InChI is InChI=1S/C17H26BN3O3S/c1-6-21(10(2)9-19-16(23)24-17(3,4)5)15(22)12-13(18)25-14(20-12)11-7-8-11/h10-11H,6-9H2,1-5H3,(H,19,23)/t10-/m0/s1. The second kappa shape index (κ2) is 7.76. The SMILES string of the molecule is [B]c1sc(C2CC2)nc1C(=O)N(CC)[C@@H](C)CNC(=O)OC(C)(C)C. The first-order valence-electron chi connectivity index (χ1n) is 8.66. The maximum atomic E-state index is 12.8. The zero-order valence-electron chi connectivity index (χ0n) is 15.6. The smallest absolute Gasteiger partial charge is 0.407 e. The van der Waals surface area contributed by atoms with Gasteiger partial charge < -0.3 is 15.0 Å². The van der Waals surface area contributed by atoms with Crippen molar-refractivity contribution in [2.45, 2.75) is 65.0 Å². The van der Waals surface area contributed by atoms with Gasteiger partial charge in [-0.2, -0.15) is 0 Å². The van der Waals surface area contributed by atoms with Crippen LogP contribution >= 0.6 is 11.3 Å². The van der Waals surface area contributed by atoms with Crippen molar-refractivity contribution in [3.63, 3.8) is 0 Å². The summed E-state index contributed by atoms with van der Waals surface area (Å²) < 4.78 is 5.69. The number of rotatable bonds is 6. The van der Waals surface area contributed by atoms with E-state index < -0.39 is 11.7 Å². The first-order chi connectivity index (χ1) is 11.6. The Bertz CT molecular complexity index is 638. The molecular formula is C17H26BN3O3S. The van der Waals surface area contributed by atoms with Crippen molar-refractivity contribution in [2.75, 3.05) is 13.1 Å². The van der Waals surface area contributed by atoms with Gasteiger partial charge in [-0.3, -0.25) is 4.79 Å². The molecule has 2 amide bonds. The van der Waals surface area contributed by atoms with Crippen molar-refractivity contribution in [1.29, 1.82) is 0 Å². The van der Waals surface area contributed by atoms with Gasteiger partial charge in [0.2, 0.25) is 0 Å². The molecule has 25 heavy (non-hydrogen) atoms. The summed E-state index contributed by atoms with van der Waals surface area (Å²) in [6.45, 7) is 10.00. The molecule has 1 aliphatic rings. The van der Waals surface area contributed by atoms with Crippen LogP contribution < -0.4 is 10.1 Å². The summed E-state index contributed by atoms with van der Waals surface area (Å²) in [6.07, 6.45) is 1.75. The number of amides is 2. The van der Waals surface area contributed by atoms with Crippen LogP contribution in [0.3, 0.4) is 0 Å². The van der Waals surface area contributed by atoms with E-state index in [9.17, 15) is 9.59 Å². The monoisotopic (exact) mass is 363 g/mol. The van der Waals surface area contributed by atoms with Gasteiger partial charge in [0.15, 0.2) is 0 Å². The molecule has 1 atom stereocenters. The molecule has 136 valence electrons. The molecule has 1 aliphatic carbocycles. The summed E-state index contributed by atoms with van der Waals surface area (Å²) in [5.41, 5.74) is -0.222. The van der Waals surface area contributed by atoms with E-state index in [4.69, 9.17) is 12.6 Å². The summed E-state index contributed by atoms with van der Waals surface area (Å²) in [5, 5.41) is 3.66. The average molecular weight is 363 g/mol. The van der Waals surface area contributed by atoms with Gasteiger partial charge in [-0.25, -0.2) is 9.78 Å². The number of hydrogen-bond acceptors (Lipinski definition) is 5. The summed E-state index contributed by atoms with van der Waals surface area (Å²) in [7, 11) is 6.01. The molecule has 1 heterocycles. The maximum Gasteiger partial charge on any atom is 0.407 e. The predicted molar refractivity (Wildman–Crippen MR) is 99.9 cm³/mol. The minimum absolute atomic E-state index is 0.193. The molecule has 0 spiro atoms. The Hall–Kier alpha value is -1.57. The van der Waals surface area contributed by atoms with Gasteiger partial charge in [-0.15, -0.1) is 11.3 Å². The van der Waals surface area contributed by atoms with Gasteiger partial charge in [0.05, 0.1) is 5.01 Å². The molecule has 0 aliphatic heterocycles. The van der Waals surface area contributed by atoms with E-state index in [0.717, 1.165) is 17.8 Å². The number of aromatic nitrogens is 1. The van der Waals surface area contributed by atoms with E-state index in [1.54, 1.807) is 25.7 Å². The Kier molecular flexibility index (Phi) is 6.14. The van der Waals surface area contributed by atoms with Gasteiger partial charge in [0, 0.05) is 25.0 Å². The Labute approximate surface area is 154 Å². The molecule has 6 nitrogen and oxygen atoms in total. The lowest BCUT2D eigenvalue weighted by Gasteiger charge is -2.28. The number of nitrogens with one attached hydrogen (secondary N) is 1. The highest BCUT2D eigenvalue weighted by Gasteiger charge is 2.30. The molecule has 0 unspecified atom stereocenters. The quantitative estimate of drug-likeness (QED) is 0.787. The van der Waals surface area contributed by atoms with Crippen LogP contribution in [0.2, 0.25) is 0 Å². The minimum atomic E-state index is -0.554. The lowest BCUT2D eigenvalue weighted by atomic mass is 10.0. The van der Waals surface area contributed by atoms with Crippen molar-refractivity contribution in [3.8, 4) is 0 Å². The van der Waals surface area contributed by atoms with Crippen LogP contribution in [-0.2, 0) is 4.74 Å². The third-order valence-electron chi connectivity index (χ3n) is 3.87. The molecule has 0 aromatic carbocycles. The van der Waals surface area contributed by atoms with Gasteiger partial charge in [-0.1, -0.05) is 0 Å². The highest BCUT2D eigenvalue weighted by Crippen LogP contribution is 2.40. The Morgan fingerprint density at radius 3 is 2.60 bits per heavy atom. The zero-order chi connectivity index (χ0) is 18.8. The average Bonchev–Trinajstić information content (AvgIpc) is 3.27. The molecule has 8 heteroatoms. The molecular weight excluding hydrogens is 337 g/mol. The topological polar surface area (TPSA) is 71.5 Å². The second-order valence-electron chi connectivity index (χ2n) is 7.36. The fourth-order valence-electron chi connectivity index (χ4n) is 2.45. The van der Waals surface area contributed by atoms with Crippen LogP contribution in [0.4, 0.5) is 4.79 Å². The third kappa shape index (κ3) is 5.46. The second-order valence-corrected chi connectivity index (χ2v) is 8.42. The lowest BCUT2D eigenvalue weighted by Crippen LogP contribution is -2.47. The molecule has 0 bridgehead atoms. The third-order valence-corrected chi connectivity index (χ3v) is 4.92. The summed E-state index contributed by atoms with van der Waals surface area (Å²) >= 11 is 1.41. The first-order valence-corrected chi connectivity index (χ1v) is 9.48. The maximum absolute atomic E-state index is 12.8. The van der Waals surface area contributed by atoms with Gasteiger partial charge in [-0.05, 0) is 52.2 Å². The van der Waals surface area contributed by atoms with Gasteiger partial charge >= 0.3 is 6.09 Å². The normalized spacial score (nSPS) is 15.6. The number of carbonyl (C=O) groups excluding carboxylic acids is 2. The van der Waals surface area contributed by atoms with Gasteiger partial charge in [0.25, 0.3) is 5.91 Å². The van der Waals surface area contributed by atoms with Crippen molar-refractivity contribution < 1.29 is 14.3 Å². The van der Waals surface area contributed by atoms with Crippen LogP contribution in [-0.4, -0.2) is 54.5 Å². The number of carbonyl (C=O) groups is 2. The number of likely N-dealkylation sites (N-methyl/N-ethyl adjacent to an activating group) is 1. The van der Waals surface area contributed by atoms with E-state index >= 15 is 0 Å². The highest BCUT2D eigenvalue weighted by atomic mass is 32.1. The molecule has 1 saturated carbocycles. The molecule has 1 aromatic rings. The Morgan fingerprint density at radius 2 is 2.08 bits per heavy atom. The molecule has 0 saturated heterocycles. The van der Waals surface area contributed by atoms with Crippen LogP contribution in [0.5, 0.6) is 0 Å². The van der Waals surface area contributed by atoms with Crippen LogP contribution in [0.1, 0.15) is 68.9 Å². The number of hydrogen-bond donors (Lipinski definition) is 1. The fourth-order valence-corrected chi connectivity index (χ4v) is 3.45. The number of ether oxygens (including phenoxy) is 1. The summed E-state index contributed by atoms with van der Waals surface area (Å²) in [5.74, 6) is 0.275. The number of nitrogens with zero attached hydrogens (tertiary/aromatic N) is 2. The van der Waals surface area contributed by atoms with Crippen LogP contribution in [0.25, 0.3) is 0 Å². The Morgan fingerprint density at radius 1 is 1.44 bits per heavy atom. The number of alkyl carbamates (subject to hydrolysis) is 1. The molecule has 1 N–H and O–H groups in total. The predicted octanol–water partition coefficient (Wildman–Crippen LogP) is 2.19. The highest BCUT2D eigenvalue weighted by molar-refractivity contribution is 7.20. The van der Waals surface area contributed by atoms with E-state index in [-0.39, 0.29) is 11.9 Å². The molecule has 2 rings (SSSR count). The number of thiazole rings is 1. The van der Waals surface area contributed by atoms with E-state index in [2.05, 4.69) is 10.3 Å². The first kappa shape index (κ1) is 19.8. The fraction of sp³-hybridized carbons (Fsp3) is 0.706. The molecule has 1 fully saturated rings. The van der Waals surface area contributed by atoms with Crippen LogP contribution in [0, 0.1) is 0 Å². The minimum Gasteiger partial charge on any atom is -0.444 e. The molecule has 1 aromatic heterocycles. The van der Waals surface area contributed by atoms with Crippen molar-refractivity contribution in [3.05, 3.63) is 10.7 Å². The van der Waals surface area contributed by atoms with Crippen LogP contribution in [0.15, 0.2) is 0 Å². The molecule has 2 radical (unpaired) electrons. The Balaban J connectivity index is 1.97. The van der Waals surface area contributed by atoms with Crippen molar-refractivity contribution in [2.24, 2.45) is 0 Å². The summed E-state index contributed by atoms with van der Waals surface area (Å²) in [6, 6.07) is -0.199. The van der Waals surface area contributed by atoms with Crippen molar-refractivity contribution >= 4 is 36.0 Å². The zero-order valence-corrected chi connectivity index (χ0v) is 16.4. The summed E-state index contributed by atoms with van der Waals surface area (Å²) in [4.78, 5) is 30.7. The van der Waals surface area contributed by atoms with Crippen molar-refractivity contribution in [1.82, 2.24) is 15.2 Å². The van der Waals surface area contributed by atoms with E-state index in [0.29, 0.717) is 29.5 Å².